The van der Waals surface area contributed by atoms with Gasteiger partial charge < -0.3 is 9.73 Å². The molecular formula is C15H10N4O2. The summed E-state index contributed by atoms with van der Waals surface area (Å²) in [5.74, 6) is 0.134. The Morgan fingerprint density at radius 3 is 2.81 bits per heavy atom. The number of aromatic nitrogens is 2. The lowest BCUT2D eigenvalue weighted by atomic mass is 10.2. The van der Waals surface area contributed by atoms with Crippen molar-refractivity contribution >= 4 is 22.8 Å². The SMILES string of the molecule is N#CCC(=O)Nc1ccc(-c2nc3ncccc3o2)cc1. The molecule has 1 N–H and O–H groups in total. The fourth-order valence-corrected chi connectivity index (χ4v) is 1.87. The van der Waals surface area contributed by atoms with E-state index in [9.17, 15) is 4.79 Å². The maximum absolute atomic E-state index is 11.3. The lowest BCUT2D eigenvalue weighted by molar-refractivity contribution is -0.115. The summed E-state index contributed by atoms with van der Waals surface area (Å²) in [5, 5.41) is 11.1. The second-order valence-electron chi connectivity index (χ2n) is 4.30. The molecule has 0 unspecified atom stereocenters. The van der Waals surface area contributed by atoms with E-state index < -0.39 is 0 Å². The van der Waals surface area contributed by atoms with Gasteiger partial charge in [0.2, 0.25) is 11.8 Å². The van der Waals surface area contributed by atoms with Crippen LogP contribution in [-0.2, 0) is 4.79 Å². The smallest absolute Gasteiger partial charge is 0.238 e. The van der Waals surface area contributed by atoms with Crippen LogP contribution < -0.4 is 5.32 Å². The summed E-state index contributed by atoms with van der Waals surface area (Å²) >= 11 is 0. The topological polar surface area (TPSA) is 91.8 Å². The van der Waals surface area contributed by atoms with E-state index in [2.05, 4.69) is 15.3 Å². The molecule has 2 heterocycles. The van der Waals surface area contributed by atoms with Gasteiger partial charge in [0.05, 0.1) is 6.07 Å². The summed E-state index contributed by atoms with van der Waals surface area (Å²) in [5.41, 5.74) is 2.58. The van der Waals surface area contributed by atoms with Crippen molar-refractivity contribution < 1.29 is 9.21 Å². The molecule has 1 aromatic carbocycles. The number of oxazole rings is 1. The first-order valence-corrected chi connectivity index (χ1v) is 6.25. The molecule has 0 saturated carbocycles. The summed E-state index contributed by atoms with van der Waals surface area (Å²) in [4.78, 5) is 19.7. The van der Waals surface area contributed by atoms with Gasteiger partial charge in [0.1, 0.15) is 6.42 Å². The molecule has 0 spiro atoms. The van der Waals surface area contributed by atoms with Crippen LogP contribution in [-0.4, -0.2) is 15.9 Å². The van der Waals surface area contributed by atoms with E-state index in [-0.39, 0.29) is 12.3 Å². The van der Waals surface area contributed by atoms with Crippen molar-refractivity contribution in [3.63, 3.8) is 0 Å². The number of carbonyl (C=O) groups excluding carboxylic acids is 1. The van der Waals surface area contributed by atoms with Crippen molar-refractivity contribution in [1.82, 2.24) is 9.97 Å². The first-order valence-electron chi connectivity index (χ1n) is 6.25. The molecule has 1 amide bonds. The molecule has 3 rings (SSSR count). The Hall–Kier alpha value is -3.20. The number of anilines is 1. The molecule has 0 fully saturated rings. The molecule has 6 nitrogen and oxygen atoms in total. The van der Waals surface area contributed by atoms with Crippen molar-refractivity contribution in [2.75, 3.05) is 5.32 Å². The molecule has 0 bridgehead atoms. The molecule has 0 radical (unpaired) electrons. The summed E-state index contributed by atoms with van der Waals surface area (Å²) < 4.78 is 5.61. The number of nitrogens with zero attached hydrogens (tertiary/aromatic N) is 3. The van der Waals surface area contributed by atoms with Crippen LogP contribution in [0.3, 0.4) is 0 Å². The fourth-order valence-electron chi connectivity index (χ4n) is 1.87. The Morgan fingerprint density at radius 2 is 2.10 bits per heavy atom. The molecule has 21 heavy (non-hydrogen) atoms. The van der Waals surface area contributed by atoms with Gasteiger partial charge in [-0.25, -0.2) is 4.98 Å². The monoisotopic (exact) mass is 278 g/mol. The van der Waals surface area contributed by atoms with Crippen LogP contribution in [0.5, 0.6) is 0 Å². The van der Waals surface area contributed by atoms with Gasteiger partial charge in [-0.15, -0.1) is 0 Å². The highest BCUT2D eigenvalue weighted by molar-refractivity contribution is 5.92. The third-order valence-corrected chi connectivity index (χ3v) is 2.82. The van der Waals surface area contributed by atoms with Gasteiger partial charge in [-0.3, -0.25) is 4.79 Å². The summed E-state index contributed by atoms with van der Waals surface area (Å²) in [6, 6.07) is 12.4. The highest BCUT2D eigenvalue weighted by Crippen LogP contribution is 2.24. The van der Waals surface area contributed by atoms with Gasteiger partial charge in [0.15, 0.2) is 11.2 Å². The number of nitrogens with one attached hydrogen (secondary N) is 1. The number of carbonyl (C=O) groups is 1. The number of benzene rings is 1. The Morgan fingerprint density at radius 1 is 1.29 bits per heavy atom. The number of amides is 1. The zero-order valence-corrected chi connectivity index (χ0v) is 10.9. The lowest BCUT2D eigenvalue weighted by Gasteiger charge is -2.02. The quantitative estimate of drug-likeness (QED) is 0.795. The Bertz CT molecular complexity index is 798. The Labute approximate surface area is 120 Å². The minimum atomic E-state index is -0.337. The van der Waals surface area contributed by atoms with Gasteiger partial charge in [-0.2, -0.15) is 10.2 Å². The van der Waals surface area contributed by atoms with Crippen LogP contribution >= 0.6 is 0 Å². The number of hydrogen-bond donors (Lipinski definition) is 1. The first kappa shape index (κ1) is 12.8. The van der Waals surface area contributed by atoms with Gasteiger partial charge in [0, 0.05) is 17.4 Å². The van der Waals surface area contributed by atoms with E-state index in [0.29, 0.717) is 22.8 Å². The van der Waals surface area contributed by atoms with E-state index >= 15 is 0 Å². The summed E-state index contributed by atoms with van der Waals surface area (Å²) in [6.45, 7) is 0. The molecular weight excluding hydrogens is 268 g/mol. The van der Waals surface area contributed by atoms with Crippen molar-refractivity contribution in [3.05, 3.63) is 42.6 Å². The van der Waals surface area contributed by atoms with Crippen LogP contribution in [0.15, 0.2) is 47.0 Å². The predicted octanol–water partition coefficient (Wildman–Crippen LogP) is 2.74. The Balaban J connectivity index is 1.83. The Kier molecular flexibility index (Phi) is 3.31. The van der Waals surface area contributed by atoms with E-state index in [1.807, 2.05) is 0 Å². The van der Waals surface area contributed by atoms with E-state index in [1.165, 1.54) is 0 Å². The maximum atomic E-state index is 11.3. The molecule has 3 aromatic rings. The van der Waals surface area contributed by atoms with Crippen LogP contribution in [0.2, 0.25) is 0 Å². The third kappa shape index (κ3) is 2.72. The second-order valence-corrected chi connectivity index (χ2v) is 4.30. The highest BCUT2D eigenvalue weighted by atomic mass is 16.3. The predicted molar refractivity (Wildman–Crippen MR) is 76.1 cm³/mol. The molecule has 2 aromatic heterocycles. The van der Waals surface area contributed by atoms with Gasteiger partial charge in [-0.1, -0.05) is 0 Å². The van der Waals surface area contributed by atoms with Gasteiger partial charge in [-0.05, 0) is 36.4 Å². The van der Waals surface area contributed by atoms with Crippen LogP contribution in [0.25, 0.3) is 22.7 Å². The second kappa shape index (κ2) is 5.43. The number of hydrogen-bond acceptors (Lipinski definition) is 5. The van der Waals surface area contributed by atoms with Crippen LogP contribution in [0.1, 0.15) is 6.42 Å². The minimum Gasteiger partial charge on any atom is -0.434 e. The summed E-state index contributed by atoms with van der Waals surface area (Å²) in [7, 11) is 0. The standard InChI is InChI=1S/C15H10N4O2/c16-8-7-13(20)18-11-5-3-10(4-6-11)15-19-14-12(21-15)2-1-9-17-14/h1-6,9H,7H2,(H,18,20). The average Bonchev–Trinajstić information content (AvgIpc) is 2.92. The largest absolute Gasteiger partial charge is 0.434 e. The molecule has 6 heteroatoms. The molecule has 0 aliphatic carbocycles. The number of nitriles is 1. The van der Waals surface area contributed by atoms with E-state index in [4.69, 9.17) is 9.68 Å². The maximum Gasteiger partial charge on any atom is 0.238 e. The van der Waals surface area contributed by atoms with E-state index in [0.717, 1.165) is 5.56 Å². The zero-order chi connectivity index (χ0) is 14.7. The molecule has 0 saturated heterocycles. The minimum absolute atomic E-state index is 0.168. The number of rotatable bonds is 3. The van der Waals surface area contributed by atoms with Crippen LogP contribution in [0.4, 0.5) is 5.69 Å². The molecule has 0 atom stereocenters. The van der Waals surface area contributed by atoms with E-state index in [1.54, 1.807) is 48.7 Å². The third-order valence-electron chi connectivity index (χ3n) is 2.82. The molecule has 0 aliphatic heterocycles. The lowest BCUT2D eigenvalue weighted by Crippen LogP contribution is -2.09. The van der Waals surface area contributed by atoms with Crippen molar-refractivity contribution in [2.24, 2.45) is 0 Å². The van der Waals surface area contributed by atoms with Crippen LogP contribution in [0, 0.1) is 11.3 Å². The van der Waals surface area contributed by atoms with Gasteiger partial charge in [0.25, 0.3) is 0 Å². The van der Waals surface area contributed by atoms with Gasteiger partial charge >= 0.3 is 0 Å². The molecule has 0 aliphatic rings. The fraction of sp³-hybridized carbons (Fsp3) is 0.0667. The zero-order valence-electron chi connectivity index (χ0n) is 10.9. The van der Waals surface area contributed by atoms with Crippen molar-refractivity contribution in [2.45, 2.75) is 6.42 Å². The number of pyridine rings is 1. The average molecular weight is 278 g/mol. The highest BCUT2D eigenvalue weighted by Gasteiger charge is 2.09. The first-order chi connectivity index (χ1) is 10.3. The number of fused-ring (bicyclic) bond motifs is 1. The van der Waals surface area contributed by atoms with Crippen molar-refractivity contribution in [3.8, 4) is 17.5 Å². The normalized spacial score (nSPS) is 10.2. The van der Waals surface area contributed by atoms with Crippen molar-refractivity contribution in [1.29, 1.82) is 5.26 Å². The summed E-state index contributed by atoms with van der Waals surface area (Å²) in [6.07, 6.45) is 1.49. The molecule has 102 valence electrons.